The smallest absolute Gasteiger partial charge is 0.150 e. The number of aliphatic hydroxyl groups is 1. The van der Waals surface area contributed by atoms with Crippen LogP contribution in [0.1, 0.15) is 11.1 Å². The summed E-state index contributed by atoms with van der Waals surface area (Å²) in [6, 6.07) is 9.12. The van der Waals surface area contributed by atoms with Gasteiger partial charge in [-0.2, -0.15) is 0 Å². The Bertz CT molecular complexity index is 573. The second kappa shape index (κ2) is 6.44. The van der Waals surface area contributed by atoms with Crippen molar-refractivity contribution >= 4 is 40.6 Å². The fourth-order valence-corrected chi connectivity index (χ4v) is 2.08. The maximum Gasteiger partial charge on any atom is 0.150 e. The minimum atomic E-state index is 0.0356. The van der Waals surface area contributed by atoms with Gasteiger partial charge in [-0.05, 0) is 17.2 Å². The molecule has 2 rings (SSSR count). The molecular formula is C13H11Cl3N2O. The highest BCUT2D eigenvalue weighted by molar-refractivity contribution is 6.42. The third-order valence-corrected chi connectivity index (χ3v) is 3.51. The fourth-order valence-electron chi connectivity index (χ4n) is 1.52. The zero-order chi connectivity index (χ0) is 13.8. The summed E-state index contributed by atoms with van der Waals surface area (Å²) in [6.07, 6.45) is 0. The average Bonchev–Trinajstić information content (AvgIpc) is 2.42. The number of aromatic nitrogens is 1. The van der Waals surface area contributed by atoms with Gasteiger partial charge in [-0.3, -0.25) is 0 Å². The number of hydrogen-bond donors (Lipinski definition) is 2. The number of halogens is 3. The topological polar surface area (TPSA) is 45.1 Å². The third kappa shape index (κ3) is 3.74. The SMILES string of the molecule is OCc1ccc(CNc2nc(Cl)c(Cl)cc2Cl)cc1. The first-order chi connectivity index (χ1) is 9.10. The quantitative estimate of drug-likeness (QED) is 0.833. The van der Waals surface area contributed by atoms with Crippen LogP contribution in [-0.4, -0.2) is 10.1 Å². The van der Waals surface area contributed by atoms with Gasteiger partial charge in [0, 0.05) is 6.54 Å². The van der Waals surface area contributed by atoms with Gasteiger partial charge >= 0.3 is 0 Å². The summed E-state index contributed by atoms with van der Waals surface area (Å²) in [6.45, 7) is 0.588. The van der Waals surface area contributed by atoms with E-state index < -0.39 is 0 Å². The molecule has 0 amide bonds. The van der Waals surface area contributed by atoms with Gasteiger partial charge < -0.3 is 10.4 Å². The van der Waals surface area contributed by atoms with Crippen molar-refractivity contribution in [3.63, 3.8) is 0 Å². The summed E-state index contributed by atoms with van der Waals surface area (Å²) in [5.74, 6) is 0.488. The highest BCUT2D eigenvalue weighted by Crippen LogP contribution is 2.29. The molecule has 3 nitrogen and oxygen atoms in total. The van der Waals surface area contributed by atoms with Crippen LogP contribution in [0.3, 0.4) is 0 Å². The van der Waals surface area contributed by atoms with Crippen molar-refractivity contribution in [2.75, 3.05) is 5.32 Å². The van der Waals surface area contributed by atoms with Crippen LogP contribution >= 0.6 is 34.8 Å². The van der Waals surface area contributed by atoms with Crippen molar-refractivity contribution in [2.24, 2.45) is 0 Å². The Morgan fingerprint density at radius 1 is 1.00 bits per heavy atom. The molecule has 0 aliphatic heterocycles. The number of benzene rings is 1. The molecule has 0 aliphatic rings. The van der Waals surface area contributed by atoms with Crippen LogP contribution < -0.4 is 5.32 Å². The van der Waals surface area contributed by atoms with Gasteiger partial charge in [0.05, 0.1) is 16.7 Å². The van der Waals surface area contributed by atoms with Crippen LogP contribution in [0.15, 0.2) is 30.3 Å². The predicted octanol–water partition coefficient (Wildman–Crippen LogP) is 4.15. The Morgan fingerprint density at radius 2 is 1.63 bits per heavy atom. The molecule has 0 atom stereocenters. The van der Waals surface area contributed by atoms with Gasteiger partial charge in [0.25, 0.3) is 0 Å². The molecule has 2 N–H and O–H groups in total. The van der Waals surface area contributed by atoms with Crippen molar-refractivity contribution < 1.29 is 5.11 Å². The largest absolute Gasteiger partial charge is 0.392 e. The highest BCUT2D eigenvalue weighted by atomic mass is 35.5. The minimum Gasteiger partial charge on any atom is -0.392 e. The van der Waals surface area contributed by atoms with Crippen molar-refractivity contribution in [2.45, 2.75) is 13.2 Å². The van der Waals surface area contributed by atoms with Crippen LogP contribution in [0.2, 0.25) is 15.2 Å². The molecule has 0 aliphatic carbocycles. The van der Waals surface area contributed by atoms with E-state index in [2.05, 4.69) is 10.3 Å². The van der Waals surface area contributed by atoms with E-state index in [9.17, 15) is 0 Å². The first kappa shape index (κ1) is 14.4. The lowest BCUT2D eigenvalue weighted by Crippen LogP contribution is -2.02. The zero-order valence-corrected chi connectivity index (χ0v) is 12.1. The second-order valence-corrected chi connectivity index (χ2v) is 5.09. The molecular weight excluding hydrogens is 307 g/mol. The molecule has 2 aromatic rings. The van der Waals surface area contributed by atoms with Crippen LogP contribution in [0.5, 0.6) is 0 Å². The van der Waals surface area contributed by atoms with Crippen molar-refractivity contribution in [3.8, 4) is 0 Å². The third-order valence-electron chi connectivity index (χ3n) is 2.55. The van der Waals surface area contributed by atoms with E-state index in [0.717, 1.165) is 11.1 Å². The summed E-state index contributed by atoms with van der Waals surface area (Å²) >= 11 is 17.7. The van der Waals surface area contributed by atoms with E-state index >= 15 is 0 Å². The Labute approximate surface area is 126 Å². The van der Waals surface area contributed by atoms with Crippen LogP contribution in [0, 0.1) is 0 Å². The van der Waals surface area contributed by atoms with Crippen molar-refractivity contribution in [3.05, 3.63) is 56.7 Å². The lowest BCUT2D eigenvalue weighted by molar-refractivity contribution is 0.282. The predicted molar refractivity (Wildman–Crippen MR) is 79.0 cm³/mol. The van der Waals surface area contributed by atoms with Crippen LogP contribution in [0.4, 0.5) is 5.82 Å². The first-order valence-electron chi connectivity index (χ1n) is 5.54. The maximum absolute atomic E-state index is 8.96. The maximum atomic E-state index is 8.96. The Hall–Kier alpha value is -1.00. The van der Waals surface area contributed by atoms with Gasteiger partial charge in [0.1, 0.15) is 11.0 Å². The molecule has 19 heavy (non-hydrogen) atoms. The average molecular weight is 318 g/mol. The van der Waals surface area contributed by atoms with Gasteiger partial charge in [0.15, 0.2) is 0 Å². The Morgan fingerprint density at radius 3 is 2.26 bits per heavy atom. The van der Waals surface area contributed by atoms with E-state index in [-0.39, 0.29) is 11.8 Å². The number of pyridine rings is 1. The van der Waals surface area contributed by atoms with Crippen molar-refractivity contribution in [1.29, 1.82) is 0 Å². The van der Waals surface area contributed by atoms with E-state index in [4.69, 9.17) is 39.9 Å². The van der Waals surface area contributed by atoms with E-state index in [1.54, 1.807) is 6.07 Å². The molecule has 6 heteroatoms. The number of aliphatic hydroxyl groups excluding tert-OH is 1. The molecule has 0 bridgehead atoms. The van der Waals surface area contributed by atoms with E-state index in [1.165, 1.54) is 0 Å². The molecule has 0 radical (unpaired) electrons. The Kier molecular flexibility index (Phi) is 4.88. The monoisotopic (exact) mass is 316 g/mol. The normalized spacial score (nSPS) is 10.5. The summed E-state index contributed by atoms with van der Waals surface area (Å²) in [4.78, 5) is 4.07. The highest BCUT2D eigenvalue weighted by Gasteiger charge is 2.07. The molecule has 0 unspecified atom stereocenters. The molecule has 0 saturated carbocycles. The van der Waals surface area contributed by atoms with E-state index in [1.807, 2.05) is 24.3 Å². The Balaban J connectivity index is 2.07. The number of anilines is 1. The molecule has 0 saturated heterocycles. The summed E-state index contributed by atoms with van der Waals surface area (Å²) in [5.41, 5.74) is 1.91. The summed E-state index contributed by atoms with van der Waals surface area (Å²) in [5, 5.41) is 13.0. The zero-order valence-electron chi connectivity index (χ0n) is 9.83. The van der Waals surface area contributed by atoms with Gasteiger partial charge in [0.2, 0.25) is 0 Å². The number of hydrogen-bond acceptors (Lipinski definition) is 3. The molecule has 1 aromatic carbocycles. The standard InChI is InChI=1S/C13H11Cl3N2O/c14-10-5-11(15)13(18-12(10)16)17-6-8-1-3-9(7-19)4-2-8/h1-5,19H,6-7H2,(H,17,18). The lowest BCUT2D eigenvalue weighted by Gasteiger charge is -2.09. The fraction of sp³-hybridized carbons (Fsp3) is 0.154. The lowest BCUT2D eigenvalue weighted by atomic mass is 10.1. The minimum absolute atomic E-state index is 0.0356. The first-order valence-corrected chi connectivity index (χ1v) is 6.67. The molecule has 0 fully saturated rings. The second-order valence-electron chi connectivity index (χ2n) is 3.92. The summed E-state index contributed by atoms with van der Waals surface area (Å²) < 4.78 is 0. The number of nitrogens with zero attached hydrogens (tertiary/aromatic N) is 1. The van der Waals surface area contributed by atoms with E-state index in [0.29, 0.717) is 22.4 Å². The van der Waals surface area contributed by atoms with Crippen LogP contribution in [-0.2, 0) is 13.2 Å². The number of nitrogens with one attached hydrogen (secondary N) is 1. The molecule has 1 aromatic heterocycles. The van der Waals surface area contributed by atoms with Crippen molar-refractivity contribution in [1.82, 2.24) is 4.98 Å². The summed E-state index contributed by atoms with van der Waals surface area (Å²) in [7, 11) is 0. The molecule has 1 heterocycles. The number of rotatable bonds is 4. The van der Waals surface area contributed by atoms with Gasteiger partial charge in [-0.25, -0.2) is 4.98 Å². The van der Waals surface area contributed by atoms with Gasteiger partial charge in [-0.15, -0.1) is 0 Å². The molecule has 100 valence electrons. The molecule has 0 spiro atoms. The van der Waals surface area contributed by atoms with Gasteiger partial charge in [-0.1, -0.05) is 59.1 Å². The van der Waals surface area contributed by atoms with Crippen LogP contribution in [0.25, 0.3) is 0 Å².